The summed E-state index contributed by atoms with van der Waals surface area (Å²) in [4.78, 5) is 17.6. The first kappa shape index (κ1) is 17.4. The van der Waals surface area contributed by atoms with Crippen LogP contribution in [0.3, 0.4) is 0 Å². The Bertz CT molecular complexity index is 534. The summed E-state index contributed by atoms with van der Waals surface area (Å²) in [5, 5.41) is 0. The Morgan fingerprint density at radius 2 is 1.83 bits per heavy atom. The van der Waals surface area contributed by atoms with Gasteiger partial charge < -0.3 is 9.64 Å². The van der Waals surface area contributed by atoms with Gasteiger partial charge in [-0.1, -0.05) is 30.3 Å². The molecule has 1 aromatic rings. The number of likely N-dealkylation sites (tertiary alicyclic amines) is 2. The fourth-order valence-electron chi connectivity index (χ4n) is 4.38. The predicted octanol–water partition coefficient (Wildman–Crippen LogP) is 2.72. The van der Waals surface area contributed by atoms with Crippen LogP contribution in [0.25, 0.3) is 0 Å². The Kier molecular flexibility index (Phi) is 5.90. The molecule has 2 fully saturated rings. The highest BCUT2D eigenvalue weighted by atomic mass is 16.5. The van der Waals surface area contributed by atoms with E-state index in [0.717, 1.165) is 64.7 Å². The third kappa shape index (κ3) is 3.65. The summed E-state index contributed by atoms with van der Waals surface area (Å²) in [5.41, 5.74) is 1.17. The van der Waals surface area contributed by atoms with E-state index in [9.17, 15) is 4.79 Å². The van der Waals surface area contributed by atoms with E-state index in [1.807, 2.05) is 4.90 Å². The lowest BCUT2D eigenvalue weighted by atomic mass is 9.85. The Labute approximate surface area is 145 Å². The molecule has 1 aromatic carbocycles. The van der Waals surface area contributed by atoms with Crippen LogP contribution in [0.2, 0.25) is 0 Å². The van der Waals surface area contributed by atoms with Crippen LogP contribution in [-0.4, -0.2) is 61.1 Å². The molecule has 0 aromatic heterocycles. The average molecular weight is 330 g/mol. The second-order valence-corrected chi connectivity index (χ2v) is 7.10. The maximum atomic E-state index is 13.1. The van der Waals surface area contributed by atoms with Gasteiger partial charge in [-0.3, -0.25) is 9.69 Å². The second-order valence-electron chi connectivity index (χ2n) is 7.10. The number of amides is 1. The molecule has 24 heavy (non-hydrogen) atoms. The van der Waals surface area contributed by atoms with Crippen molar-refractivity contribution < 1.29 is 9.53 Å². The van der Waals surface area contributed by atoms with E-state index in [4.69, 9.17) is 4.74 Å². The van der Waals surface area contributed by atoms with Crippen LogP contribution in [0, 0.1) is 0 Å². The third-order valence-corrected chi connectivity index (χ3v) is 5.63. The summed E-state index contributed by atoms with van der Waals surface area (Å²) in [6, 6.07) is 10.7. The standard InChI is InChI=1S/C20H30N2O2/c1-24-17-16-21-13-6-11-20(19(21)23)12-7-15-22(20)14-5-10-18-8-3-2-4-9-18/h2-4,8-9H,5-7,10-17H2,1H3. The van der Waals surface area contributed by atoms with Crippen molar-refractivity contribution >= 4 is 5.91 Å². The minimum absolute atomic E-state index is 0.220. The Hall–Kier alpha value is -1.39. The summed E-state index contributed by atoms with van der Waals surface area (Å²) in [6.07, 6.45) is 6.53. The van der Waals surface area contributed by atoms with E-state index in [2.05, 4.69) is 35.2 Å². The number of hydrogen-bond acceptors (Lipinski definition) is 3. The SMILES string of the molecule is COCCN1CCCC2(CCCN2CCCc2ccccc2)C1=O. The molecule has 0 aliphatic carbocycles. The summed E-state index contributed by atoms with van der Waals surface area (Å²) in [7, 11) is 1.70. The molecule has 2 aliphatic heterocycles. The van der Waals surface area contributed by atoms with Crippen LogP contribution >= 0.6 is 0 Å². The van der Waals surface area contributed by atoms with Crippen molar-refractivity contribution in [2.45, 2.75) is 44.1 Å². The van der Waals surface area contributed by atoms with Crippen molar-refractivity contribution in [2.75, 3.05) is 39.9 Å². The molecule has 4 heteroatoms. The lowest BCUT2D eigenvalue weighted by Crippen LogP contribution is -2.60. The molecule has 0 radical (unpaired) electrons. The van der Waals surface area contributed by atoms with E-state index >= 15 is 0 Å². The highest BCUT2D eigenvalue weighted by Gasteiger charge is 2.50. The number of rotatable bonds is 7. The number of piperidine rings is 1. The van der Waals surface area contributed by atoms with Crippen molar-refractivity contribution in [3.63, 3.8) is 0 Å². The molecule has 2 heterocycles. The molecule has 1 spiro atoms. The largest absolute Gasteiger partial charge is 0.383 e. The van der Waals surface area contributed by atoms with Crippen molar-refractivity contribution in [3.05, 3.63) is 35.9 Å². The number of ether oxygens (including phenoxy) is 1. The van der Waals surface area contributed by atoms with Gasteiger partial charge in [0.25, 0.3) is 0 Å². The third-order valence-electron chi connectivity index (χ3n) is 5.63. The van der Waals surface area contributed by atoms with Crippen molar-refractivity contribution in [2.24, 2.45) is 0 Å². The molecular weight excluding hydrogens is 300 g/mol. The first-order valence-corrected chi connectivity index (χ1v) is 9.33. The van der Waals surface area contributed by atoms with Gasteiger partial charge in [0, 0.05) is 20.2 Å². The van der Waals surface area contributed by atoms with E-state index in [1.54, 1.807) is 7.11 Å². The van der Waals surface area contributed by atoms with Crippen LogP contribution in [0.4, 0.5) is 0 Å². The zero-order chi connectivity index (χ0) is 16.8. The van der Waals surface area contributed by atoms with Crippen molar-refractivity contribution in [1.82, 2.24) is 9.80 Å². The number of hydrogen-bond donors (Lipinski definition) is 0. The zero-order valence-electron chi connectivity index (χ0n) is 14.9. The minimum atomic E-state index is -0.220. The topological polar surface area (TPSA) is 32.8 Å². The fourth-order valence-corrected chi connectivity index (χ4v) is 4.38. The maximum absolute atomic E-state index is 13.1. The van der Waals surface area contributed by atoms with Crippen molar-refractivity contribution in [3.8, 4) is 0 Å². The molecule has 1 atom stereocenters. The van der Waals surface area contributed by atoms with Gasteiger partial charge in [0.1, 0.15) is 5.54 Å². The Balaban J connectivity index is 1.60. The molecule has 132 valence electrons. The van der Waals surface area contributed by atoms with Gasteiger partial charge in [0.05, 0.1) is 6.61 Å². The fraction of sp³-hybridized carbons (Fsp3) is 0.650. The number of carbonyl (C=O) groups is 1. The highest BCUT2D eigenvalue weighted by Crippen LogP contribution is 2.38. The molecule has 4 nitrogen and oxygen atoms in total. The lowest BCUT2D eigenvalue weighted by Gasteiger charge is -2.44. The van der Waals surface area contributed by atoms with Gasteiger partial charge in [0.2, 0.25) is 5.91 Å². The van der Waals surface area contributed by atoms with Crippen LogP contribution in [0.1, 0.15) is 37.7 Å². The molecule has 2 saturated heterocycles. The highest BCUT2D eigenvalue weighted by molar-refractivity contribution is 5.87. The van der Waals surface area contributed by atoms with Gasteiger partial charge >= 0.3 is 0 Å². The van der Waals surface area contributed by atoms with Crippen molar-refractivity contribution in [1.29, 1.82) is 0 Å². The molecule has 0 N–H and O–H groups in total. The first-order chi connectivity index (χ1) is 11.8. The summed E-state index contributed by atoms with van der Waals surface area (Å²) in [6.45, 7) is 4.35. The lowest BCUT2D eigenvalue weighted by molar-refractivity contribution is -0.148. The smallest absolute Gasteiger partial charge is 0.243 e. The molecule has 2 aliphatic rings. The number of carbonyl (C=O) groups excluding carboxylic acids is 1. The minimum Gasteiger partial charge on any atom is -0.383 e. The van der Waals surface area contributed by atoms with Gasteiger partial charge in [-0.15, -0.1) is 0 Å². The van der Waals surface area contributed by atoms with E-state index < -0.39 is 0 Å². The maximum Gasteiger partial charge on any atom is 0.243 e. The van der Waals surface area contributed by atoms with E-state index in [1.165, 1.54) is 5.56 Å². The van der Waals surface area contributed by atoms with Crippen LogP contribution in [0.5, 0.6) is 0 Å². The summed E-state index contributed by atoms with van der Waals surface area (Å²) in [5.74, 6) is 0.350. The van der Waals surface area contributed by atoms with Crippen LogP contribution in [0.15, 0.2) is 30.3 Å². The van der Waals surface area contributed by atoms with E-state index in [-0.39, 0.29) is 5.54 Å². The van der Waals surface area contributed by atoms with Gasteiger partial charge in [-0.2, -0.15) is 0 Å². The monoisotopic (exact) mass is 330 g/mol. The van der Waals surface area contributed by atoms with Gasteiger partial charge in [-0.25, -0.2) is 0 Å². The summed E-state index contributed by atoms with van der Waals surface area (Å²) < 4.78 is 5.18. The van der Waals surface area contributed by atoms with Crippen LogP contribution < -0.4 is 0 Å². The number of methoxy groups -OCH3 is 1. The predicted molar refractivity (Wildman–Crippen MR) is 96.0 cm³/mol. The molecule has 3 rings (SSSR count). The molecular formula is C20H30N2O2. The van der Waals surface area contributed by atoms with E-state index in [0.29, 0.717) is 12.5 Å². The molecule has 1 amide bonds. The average Bonchev–Trinajstić information content (AvgIpc) is 3.01. The zero-order valence-corrected chi connectivity index (χ0v) is 14.9. The quantitative estimate of drug-likeness (QED) is 0.771. The number of nitrogens with zero attached hydrogens (tertiary/aromatic N) is 2. The molecule has 0 saturated carbocycles. The Morgan fingerprint density at radius 3 is 2.58 bits per heavy atom. The normalized spacial score (nSPS) is 24.9. The first-order valence-electron chi connectivity index (χ1n) is 9.33. The second kappa shape index (κ2) is 8.13. The molecule has 1 unspecified atom stereocenters. The number of aryl methyl sites for hydroxylation is 1. The van der Waals surface area contributed by atoms with Crippen LogP contribution in [-0.2, 0) is 16.0 Å². The van der Waals surface area contributed by atoms with Gasteiger partial charge in [-0.05, 0) is 57.2 Å². The molecule has 0 bridgehead atoms. The van der Waals surface area contributed by atoms with Gasteiger partial charge in [0.15, 0.2) is 0 Å². The Morgan fingerprint density at radius 1 is 1.08 bits per heavy atom. The number of benzene rings is 1. The summed E-state index contributed by atoms with van der Waals surface area (Å²) >= 11 is 0.